The highest BCUT2D eigenvalue weighted by Crippen LogP contribution is 2.61. The lowest BCUT2D eigenvalue weighted by atomic mass is 9.48. The van der Waals surface area contributed by atoms with Gasteiger partial charge in [0.25, 0.3) is 0 Å². The molecular formula is C24H37N3OS. The van der Waals surface area contributed by atoms with Gasteiger partial charge in [-0.1, -0.05) is 24.6 Å². The maximum absolute atomic E-state index is 12.9. The number of hydrogen-bond donors (Lipinski definition) is 1. The second-order valence-corrected chi connectivity index (χ2v) is 11.7. The van der Waals surface area contributed by atoms with E-state index in [-0.39, 0.29) is 5.91 Å². The van der Waals surface area contributed by atoms with E-state index in [2.05, 4.69) is 30.7 Å². The summed E-state index contributed by atoms with van der Waals surface area (Å²) in [6.45, 7) is 6.56. The third kappa shape index (κ3) is 3.66. The van der Waals surface area contributed by atoms with Crippen molar-refractivity contribution in [1.82, 2.24) is 14.9 Å². The second kappa shape index (κ2) is 7.62. The van der Waals surface area contributed by atoms with Gasteiger partial charge in [-0.25, -0.2) is 4.98 Å². The van der Waals surface area contributed by atoms with Crippen molar-refractivity contribution < 1.29 is 4.79 Å². The number of rotatable bonds is 6. The minimum atomic E-state index is 0.189. The van der Waals surface area contributed by atoms with Crippen molar-refractivity contribution in [3.63, 3.8) is 0 Å². The van der Waals surface area contributed by atoms with Gasteiger partial charge in [-0.2, -0.15) is 0 Å². The Kier molecular flexibility index (Phi) is 5.24. The Hall–Kier alpha value is -0.970. The largest absolute Gasteiger partial charge is 0.352 e. The molecule has 5 fully saturated rings. The van der Waals surface area contributed by atoms with E-state index in [1.807, 2.05) is 0 Å². The van der Waals surface area contributed by atoms with E-state index >= 15 is 0 Å². The van der Waals surface area contributed by atoms with Crippen LogP contribution in [0.1, 0.15) is 88.6 Å². The molecule has 0 unspecified atom stereocenters. The van der Waals surface area contributed by atoms with Crippen LogP contribution in [-0.4, -0.2) is 27.3 Å². The van der Waals surface area contributed by atoms with Gasteiger partial charge < -0.3 is 9.88 Å². The van der Waals surface area contributed by atoms with Crippen LogP contribution < -0.4 is 5.32 Å². The molecule has 5 heteroatoms. The fourth-order valence-corrected chi connectivity index (χ4v) is 8.53. The minimum Gasteiger partial charge on any atom is -0.352 e. The number of carbonyl (C=O) groups excluding carboxylic acids is 1. The van der Waals surface area contributed by atoms with Crippen LogP contribution in [0.15, 0.2) is 5.16 Å². The smallest absolute Gasteiger partial charge is 0.230 e. The average molecular weight is 416 g/mol. The normalized spacial score (nSPS) is 34.7. The SMILES string of the molecule is Cc1nc(SCC(=O)N[C@H](C)C23CC4CC(CC(C4)C2)C3)n(C2CCCC2)c1C. The van der Waals surface area contributed by atoms with Gasteiger partial charge in [-0.3, -0.25) is 4.79 Å². The lowest BCUT2D eigenvalue weighted by Crippen LogP contribution is -2.56. The van der Waals surface area contributed by atoms with Crippen LogP contribution in [0.3, 0.4) is 0 Å². The Morgan fingerprint density at radius 3 is 2.31 bits per heavy atom. The summed E-state index contributed by atoms with van der Waals surface area (Å²) in [4.78, 5) is 17.7. The molecule has 1 atom stereocenters. The first-order valence-electron chi connectivity index (χ1n) is 11.9. The summed E-state index contributed by atoms with van der Waals surface area (Å²) >= 11 is 1.64. The molecule has 0 aliphatic heterocycles. The first kappa shape index (κ1) is 20.0. The molecule has 1 aromatic rings. The van der Waals surface area contributed by atoms with Crippen LogP contribution in [0.4, 0.5) is 0 Å². The zero-order valence-corrected chi connectivity index (χ0v) is 19.2. The lowest BCUT2D eigenvalue weighted by Gasteiger charge is -2.59. The van der Waals surface area contributed by atoms with Crippen LogP contribution in [0.25, 0.3) is 0 Å². The topological polar surface area (TPSA) is 46.9 Å². The van der Waals surface area contributed by atoms with Crippen molar-refractivity contribution >= 4 is 17.7 Å². The monoisotopic (exact) mass is 415 g/mol. The van der Waals surface area contributed by atoms with Gasteiger partial charge in [-0.15, -0.1) is 0 Å². The maximum Gasteiger partial charge on any atom is 0.230 e. The predicted molar refractivity (Wildman–Crippen MR) is 118 cm³/mol. The van der Waals surface area contributed by atoms with Gasteiger partial charge in [0.1, 0.15) is 0 Å². The third-order valence-electron chi connectivity index (χ3n) is 8.76. The van der Waals surface area contributed by atoms with Crippen molar-refractivity contribution in [1.29, 1.82) is 0 Å². The molecule has 0 aromatic carbocycles. The molecule has 4 bridgehead atoms. The molecule has 160 valence electrons. The van der Waals surface area contributed by atoms with Crippen molar-refractivity contribution in [2.45, 2.75) is 102 Å². The standard InChI is InChI=1S/C24H37N3OS/c1-15-16(2)27(21-6-4-5-7-21)23(25-15)29-14-22(28)26-17(3)24-11-18-8-19(12-24)10-20(9-18)13-24/h17-21H,4-14H2,1-3H3,(H,26,28)/t17-,18?,19?,20?,24?/m1/s1. The lowest BCUT2D eigenvalue weighted by molar-refractivity contribution is -0.123. The Balaban J connectivity index is 1.21. The molecule has 5 aliphatic carbocycles. The molecule has 0 radical (unpaired) electrons. The number of aryl methyl sites for hydroxylation is 1. The van der Waals surface area contributed by atoms with Gasteiger partial charge >= 0.3 is 0 Å². The summed E-state index contributed by atoms with van der Waals surface area (Å²) in [5.41, 5.74) is 2.77. The molecule has 1 aromatic heterocycles. The first-order chi connectivity index (χ1) is 13.9. The number of aromatic nitrogens is 2. The van der Waals surface area contributed by atoms with Gasteiger partial charge in [0.2, 0.25) is 5.91 Å². The van der Waals surface area contributed by atoms with Gasteiger partial charge in [0, 0.05) is 17.8 Å². The quantitative estimate of drug-likeness (QED) is 0.630. The molecule has 1 amide bonds. The summed E-state index contributed by atoms with van der Waals surface area (Å²) in [6, 6.07) is 0.884. The molecule has 0 saturated heterocycles. The number of nitrogens with zero attached hydrogens (tertiary/aromatic N) is 2. The van der Waals surface area contributed by atoms with Crippen molar-refractivity contribution in [2.24, 2.45) is 23.2 Å². The zero-order valence-electron chi connectivity index (χ0n) is 18.4. The van der Waals surface area contributed by atoms with E-state index in [9.17, 15) is 4.79 Å². The third-order valence-corrected chi connectivity index (χ3v) is 9.71. The Morgan fingerprint density at radius 1 is 1.14 bits per heavy atom. The summed E-state index contributed by atoms with van der Waals surface area (Å²) < 4.78 is 2.42. The number of nitrogens with one attached hydrogen (secondary N) is 1. The van der Waals surface area contributed by atoms with Crippen LogP contribution in [0, 0.1) is 37.0 Å². The van der Waals surface area contributed by atoms with E-state index < -0.39 is 0 Å². The van der Waals surface area contributed by atoms with E-state index in [4.69, 9.17) is 4.98 Å². The second-order valence-electron chi connectivity index (χ2n) is 10.7. The molecule has 0 spiro atoms. The number of thioether (sulfide) groups is 1. The minimum absolute atomic E-state index is 0.189. The molecule has 1 N–H and O–H groups in total. The zero-order chi connectivity index (χ0) is 20.2. The van der Waals surface area contributed by atoms with E-state index in [1.165, 1.54) is 69.9 Å². The molecule has 1 heterocycles. The molecule has 29 heavy (non-hydrogen) atoms. The fraction of sp³-hybridized carbons (Fsp3) is 0.833. The van der Waals surface area contributed by atoms with E-state index in [0.29, 0.717) is 23.3 Å². The Bertz CT molecular complexity index is 744. The molecule has 6 rings (SSSR count). The number of carbonyl (C=O) groups is 1. The maximum atomic E-state index is 12.9. The Labute approximate surface area is 180 Å². The Morgan fingerprint density at radius 2 is 1.72 bits per heavy atom. The number of imidazole rings is 1. The van der Waals surface area contributed by atoms with Crippen molar-refractivity contribution in [3.05, 3.63) is 11.4 Å². The number of hydrogen-bond acceptors (Lipinski definition) is 3. The molecule has 5 saturated carbocycles. The molecule has 5 aliphatic rings. The molecular weight excluding hydrogens is 378 g/mol. The van der Waals surface area contributed by atoms with Crippen LogP contribution in [0.5, 0.6) is 0 Å². The predicted octanol–water partition coefficient (Wildman–Crippen LogP) is 5.43. The first-order valence-corrected chi connectivity index (χ1v) is 12.9. The summed E-state index contributed by atoms with van der Waals surface area (Å²) in [7, 11) is 0. The van der Waals surface area contributed by atoms with Gasteiger partial charge in [-0.05, 0) is 95.3 Å². The van der Waals surface area contributed by atoms with Gasteiger partial charge in [0.15, 0.2) is 5.16 Å². The van der Waals surface area contributed by atoms with Gasteiger partial charge in [0.05, 0.1) is 11.4 Å². The van der Waals surface area contributed by atoms with Crippen LogP contribution in [-0.2, 0) is 4.79 Å². The van der Waals surface area contributed by atoms with Crippen LogP contribution in [0.2, 0.25) is 0 Å². The summed E-state index contributed by atoms with van der Waals surface area (Å²) in [5, 5.41) is 4.47. The fourth-order valence-electron chi connectivity index (χ4n) is 7.56. The van der Waals surface area contributed by atoms with E-state index in [1.54, 1.807) is 11.8 Å². The summed E-state index contributed by atoms with van der Waals surface area (Å²) in [5.74, 6) is 3.47. The van der Waals surface area contributed by atoms with E-state index in [0.717, 1.165) is 28.6 Å². The van der Waals surface area contributed by atoms with Crippen molar-refractivity contribution in [2.75, 3.05) is 5.75 Å². The highest BCUT2D eigenvalue weighted by Gasteiger charge is 2.53. The van der Waals surface area contributed by atoms with Crippen LogP contribution >= 0.6 is 11.8 Å². The average Bonchev–Trinajstić information content (AvgIpc) is 3.27. The summed E-state index contributed by atoms with van der Waals surface area (Å²) in [6.07, 6.45) is 13.5. The van der Waals surface area contributed by atoms with Crippen molar-refractivity contribution in [3.8, 4) is 0 Å². The number of amides is 1. The highest BCUT2D eigenvalue weighted by atomic mass is 32.2. The molecule has 4 nitrogen and oxygen atoms in total. The highest BCUT2D eigenvalue weighted by molar-refractivity contribution is 7.99.